The van der Waals surface area contributed by atoms with Gasteiger partial charge in [0.25, 0.3) is 0 Å². The highest BCUT2D eigenvalue weighted by atomic mass is 16.5. The zero-order chi connectivity index (χ0) is 20.9. The third-order valence-corrected chi connectivity index (χ3v) is 5.11. The number of hydrogen-bond acceptors (Lipinski definition) is 4. The van der Waals surface area contributed by atoms with Crippen LogP contribution in [-0.4, -0.2) is 30.7 Å². The zero-order valence-electron chi connectivity index (χ0n) is 17.3. The summed E-state index contributed by atoms with van der Waals surface area (Å²) in [5, 5.41) is 2.98. The molecule has 6 heteroatoms. The monoisotopic (exact) mass is 402 g/mol. The van der Waals surface area contributed by atoms with E-state index in [0.29, 0.717) is 19.7 Å². The predicted octanol–water partition coefficient (Wildman–Crippen LogP) is 4.85. The zero-order valence-corrected chi connectivity index (χ0v) is 17.3. The summed E-state index contributed by atoms with van der Waals surface area (Å²) >= 11 is 0. The van der Waals surface area contributed by atoms with E-state index in [0.717, 1.165) is 29.5 Å². The minimum atomic E-state index is -0.164. The second-order valence-corrected chi connectivity index (χ2v) is 7.29. The van der Waals surface area contributed by atoms with Crippen molar-refractivity contribution in [1.82, 2.24) is 4.98 Å². The molecular weight excluding hydrogens is 376 g/mol. The summed E-state index contributed by atoms with van der Waals surface area (Å²) in [5.41, 5.74) is 4.02. The van der Waals surface area contributed by atoms with Gasteiger partial charge in [0.2, 0.25) is 0 Å². The first-order chi connectivity index (χ1) is 14.6. The third kappa shape index (κ3) is 4.38. The van der Waals surface area contributed by atoms with Crippen molar-refractivity contribution in [2.24, 2.45) is 0 Å². The number of ether oxygens (including phenoxy) is 1. The van der Waals surface area contributed by atoms with Gasteiger partial charge in [-0.05, 0) is 55.8 Å². The molecule has 3 aromatic rings. The number of aryl methyl sites for hydroxylation is 1. The molecule has 0 spiro atoms. The van der Waals surface area contributed by atoms with Crippen LogP contribution in [0.1, 0.15) is 18.1 Å². The van der Waals surface area contributed by atoms with Crippen molar-refractivity contribution in [3.63, 3.8) is 0 Å². The van der Waals surface area contributed by atoms with Crippen LogP contribution in [0.15, 0.2) is 66.9 Å². The molecule has 0 fully saturated rings. The average Bonchev–Trinajstić information content (AvgIpc) is 2.77. The van der Waals surface area contributed by atoms with Gasteiger partial charge in [-0.25, -0.2) is 9.78 Å². The second-order valence-electron chi connectivity index (χ2n) is 7.29. The maximum absolute atomic E-state index is 13.0. The van der Waals surface area contributed by atoms with Crippen LogP contribution < -0.4 is 19.9 Å². The summed E-state index contributed by atoms with van der Waals surface area (Å²) in [6.07, 6.45) is 1.77. The van der Waals surface area contributed by atoms with Crippen molar-refractivity contribution in [2.45, 2.75) is 20.4 Å². The molecule has 0 unspecified atom stereocenters. The highest BCUT2D eigenvalue weighted by Crippen LogP contribution is 2.32. The van der Waals surface area contributed by atoms with Gasteiger partial charge in [-0.3, -0.25) is 4.90 Å². The van der Waals surface area contributed by atoms with Crippen LogP contribution in [0.25, 0.3) is 0 Å². The van der Waals surface area contributed by atoms with Gasteiger partial charge in [0.1, 0.15) is 5.75 Å². The molecule has 4 rings (SSSR count). The van der Waals surface area contributed by atoms with Crippen LogP contribution in [0.2, 0.25) is 0 Å². The number of anilines is 3. The number of nitrogens with zero attached hydrogens (tertiary/aromatic N) is 3. The van der Waals surface area contributed by atoms with Crippen molar-refractivity contribution >= 4 is 23.2 Å². The van der Waals surface area contributed by atoms with Crippen LogP contribution in [-0.2, 0) is 6.54 Å². The van der Waals surface area contributed by atoms with Gasteiger partial charge in [0.15, 0.2) is 5.82 Å². The van der Waals surface area contributed by atoms with Gasteiger partial charge in [-0.1, -0.05) is 29.8 Å². The second kappa shape index (κ2) is 8.86. The number of fused-ring (bicyclic) bond motifs is 1. The minimum absolute atomic E-state index is 0.164. The molecule has 1 N–H and O–H groups in total. The summed E-state index contributed by atoms with van der Waals surface area (Å²) in [7, 11) is 0. The van der Waals surface area contributed by atoms with Crippen molar-refractivity contribution in [2.75, 3.05) is 34.8 Å². The Labute approximate surface area is 177 Å². The molecule has 0 bridgehead atoms. The number of nitrogens with one attached hydrogen (secondary N) is 1. The van der Waals surface area contributed by atoms with Crippen LogP contribution in [0, 0.1) is 6.92 Å². The number of carbonyl (C=O) groups is 1. The SMILES string of the molecule is CCOc1ccc(NC(=O)N2CCN(Cc3ccc(C)cc3)c3ncccc32)cc1. The van der Waals surface area contributed by atoms with E-state index in [2.05, 4.69) is 46.4 Å². The van der Waals surface area contributed by atoms with Crippen molar-refractivity contribution in [3.8, 4) is 5.75 Å². The molecule has 0 radical (unpaired) electrons. The first-order valence-electron chi connectivity index (χ1n) is 10.2. The largest absolute Gasteiger partial charge is 0.494 e. The van der Waals surface area contributed by atoms with Gasteiger partial charge < -0.3 is 15.0 Å². The fourth-order valence-corrected chi connectivity index (χ4v) is 3.56. The van der Waals surface area contributed by atoms with Gasteiger partial charge in [0.05, 0.1) is 12.3 Å². The van der Waals surface area contributed by atoms with Gasteiger partial charge in [-0.15, -0.1) is 0 Å². The summed E-state index contributed by atoms with van der Waals surface area (Å²) in [6.45, 7) is 6.71. The Morgan fingerprint density at radius 2 is 1.83 bits per heavy atom. The van der Waals surface area contributed by atoms with Gasteiger partial charge in [0, 0.05) is 31.5 Å². The van der Waals surface area contributed by atoms with Crippen LogP contribution in [0.3, 0.4) is 0 Å². The van der Waals surface area contributed by atoms with E-state index in [1.165, 1.54) is 11.1 Å². The molecule has 1 aliphatic rings. The highest BCUT2D eigenvalue weighted by Gasteiger charge is 2.27. The predicted molar refractivity (Wildman–Crippen MR) is 120 cm³/mol. The Bertz CT molecular complexity index is 1000. The smallest absolute Gasteiger partial charge is 0.326 e. The van der Waals surface area contributed by atoms with Gasteiger partial charge >= 0.3 is 6.03 Å². The standard InChI is InChI=1S/C24H26N4O2/c1-3-30-21-12-10-20(11-13-21)26-24(29)28-16-15-27(23-22(28)5-4-14-25-23)17-19-8-6-18(2)7-9-19/h4-14H,3,15-17H2,1-2H3,(H,26,29). The summed E-state index contributed by atoms with van der Waals surface area (Å²) in [5.74, 6) is 1.61. The molecule has 0 aliphatic carbocycles. The van der Waals surface area contributed by atoms with E-state index >= 15 is 0 Å². The molecular formula is C24H26N4O2. The number of amides is 2. The number of hydrogen-bond donors (Lipinski definition) is 1. The normalized spacial score (nSPS) is 13.0. The molecule has 154 valence electrons. The molecule has 0 saturated carbocycles. The van der Waals surface area contributed by atoms with Crippen LogP contribution in [0.5, 0.6) is 5.75 Å². The van der Waals surface area contributed by atoms with Crippen molar-refractivity contribution in [3.05, 3.63) is 78.0 Å². The Hall–Kier alpha value is -3.54. The Morgan fingerprint density at radius 1 is 1.07 bits per heavy atom. The molecule has 0 saturated heterocycles. The maximum atomic E-state index is 13.0. The quantitative estimate of drug-likeness (QED) is 0.663. The minimum Gasteiger partial charge on any atom is -0.494 e. The van der Waals surface area contributed by atoms with E-state index in [1.807, 2.05) is 43.3 Å². The van der Waals surface area contributed by atoms with Crippen molar-refractivity contribution in [1.29, 1.82) is 0 Å². The number of benzene rings is 2. The molecule has 30 heavy (non-hydrogen) atoms. The Kier molecular flexibility index (Phi) is 5.84. The van der Waals surface area contributed by atoms with E-state index in [9.17, 15) is 4.79 Å². The Morgan fingerprint density at radius 3 is 2.57 bits per heavy atom. The lowest BCUT2D eigenvalue weighted by molar-refractivity contribution is 0.256. The lowest BCUT2D eigenvalue weighted by atomic mass is 10.1. The van der Waals surface area contributed by atoms with E-state index in [1.54, 1.807) is 11.1 Å². The van der Waals surface area contributed by atoms with E-state index < -0.39 is 0 Å². The third-order valence-electron chi connectivity index (χ3n) is 5.11. The van der Waals surface area contributed by atoms with Crippen molar-refractivity contribution < 1.29 is 9.53 Å². The number of aromatic nitrogens is 1. The summed E-state index contributed by atoms with van der Waals surface area (Å²) in [6, 6.07) is 19.6. The molecule has 2 aromatic carbocycles. The van der Waals surface area contributed by atoms with Gasteiger partial charge in [-0.2, -0.15) is 0 Å². The molecule has 2 heterocycles. The van der Waals surface area contributed by atoms with Crippen LogP contribution in [0.4, 0.5) is 22.0 Å². The lowest BCUT2D eigenvalue weighted by Gasteiger charge is -2.36. The van der Waals surface area contributed by atoms with E-state index in [-0.39, 0.29) is 6.03 Å². The molecule has 1 aliphatic heterocycles. The Balaban J connectivity index is 1.50. The molecule has 2 amide bonds. The first-order valence-corrected chi connectivity index (χ1v) is 10.2. The van der Waals surface area contributed by atoms with E-state index in [4.69, 9.17) is 4.74 Å². The topological polar surface area (TPSA) is 57.7 Å². The fourth-order valence-electron chi connectivity index (χ4n) is 3.56. The average molecular weight is 402 g/mol. The van der Waals surface area contributed by atoms with Crippen LogP contribution >= 0.6 is 0 Å². The number of carbonyl (C=O) groups excluding carboxylic acids is 1. The first kappa shape index (κ1) is 19.8. The maximum Gasteiger partial charge on any atom is 0.326 e. The number of urea groups is 1. The number of pyridine rings is 1. The molecule has 6 nitrogen and oxygen atoms in total. The molecule has 1 aromatic heterocycles. The highest BCUT2D eigenvalue weighted by molar-refractivity contribution is 6.04. The fraction of sp³-hybridized carbons (Fsp3) is 0.250. The summed E-state index contributed by atoms with van der Waals surface area (Å²) < 4.78 is 5.46. The number of rotatable bonds is 5. The molecule has 0 atom stereocenters. The summed E-state index contributed by atoms with van der Waals surface area (Å²) in [4.78, 5) is 21.5. The lowest BCUT2D eigenvalue weighted by Crippen LogP contribution is -2.46.